The summed E-state index contributed by atoms with van der Waals surface area (Å²) in [4.78, 5) is 29.1. The molecule has 2 fully saturated rings. The average molecular weight is 518 g/mol. The van der Waals surface area contributed by atoms with Gasteiger partial charge in [0, 0.05) is 29.8 Å². The zero-order valence-corrected chi connectivity index (χ0v) is 22.4. The lowest BCUT2D eigenvalue weighted by molar-refractivity contribution is -0.138. The van der Waals surface area contributed by atoms with Crippen LogP contribution in [0.2, 0.25) is 0 Å². The Balaban J connectivity index is 1.28. The number of aromatic nitrogens is 1. The SMILES string of the molecule is Cc1onc(-c2ccc(C(=O)N3CCC(C(=O)N[C@@H](C)c4ccc(F)cc4)(C4CCCC4)CC3)cc2)c1C. The normalized spacial score (nSPS) is 18.4. The van der Waals surface area contributed by atoms with Gasteiger partial charge in [0.1, 0.15) is 17.3 Å². The molecular formula is C31H36FN3O3. The molecule has 7 heteroatoms. The molecule has 2 amide bonds. The Morgan fingerprint density at radius 1 is 1.03 bits per heavy atom. The van der Waals surface area contributed by atoms with Crippen LogP contribution in [-0.2, 0) is 4.79 Å². The van der Waals surface area contributed by atoms with Crippen LogP contribution in [0.25, 0.3) is 11.3 Å². The molecular weight excluding hydrogens is 481 g/mol. The largest absolute Gasteiger partial charge is 0.361 e. The third-order valence-corrected chi connectivity index (χ3v) is 8.81. The molecule has 0 spiro atoms. The molecule has 3 aromatic rings. The molecule has 6 nitrogen and oxygen atoms in total. The maximum Gasteiger partial charge on any atom is 0.253 e. The number of hydrogen-bond acceptors (Lipinski definition) is 4. The Bertz CT molecular complexity index is 1280. The minimum absolute atomic E-state index is 0.00952. The van der Waals surface area contributed by atoms with Crippen LogP contribution in [0.1, 0.15) is 78.7 Å². The zero-order valence-electron chi connectivity index (χ0n) is 22.4. The van der Waals surface area contributed by atoms with E-state index < -0.39 is 5.41 Å². The quantitative estimate of drug-likeness (QED) is 0.411. The van der Waals surface area contributed by atoms with Crippen molar-refractivity contribution in [2.24, 2.45) is 11.3 Å². The highest BCUT2D eigenvalue weighted by Crippen LogP contribution is 2.47. The lowest BCUT2D eigenvalue weighted by atomic mass is 9.67. The molecule has 1 aliphatic heterocycles. The van der Waals surface area contributed by atoms with Crippen molar-refractivity contribution in [3.8, 4) is 11.3 Å². The van der Waals surface area contributed by atoms with Crippen LogP contribution in [0.4, 0.5) is 4.39 Å². The van der Waals surface area contributed by atoms with Gasteiger partial charge in [-0.2, -0.15) is 0 Å². The third kappa shape index (κ3) is 4.98. The molecule has 1 aromatic heterocycles. The van der Waals surface area contributed by atoms with Crippen molar-refractivity contribution in [3.05, 3.63) is 76.8 Å². The fourth-order valence-electron chi connectivity index (χ4n) is 6.22. The fourth-order valence-corrected chi connectivity index (χ4v) is 6.22. The molecule has 1 aliphatic carbocycles. The highest BCUT2D eigenvalue weighted by atomic mass is 19.1. The summed E-state index contributed by atoms with van der Waals surface area (Å²) in [6, 6.07) is 13.6. The lowest BCUT2D eigenvalue weighted by Crippen LogP contribution is -2.53. The first-order valence-corrected chi connectivity index (χ1v) is 13.7. The molecule has 2 aliphatic rings. The van der Waals surface area contributed by atoms with Gasteiger partial charge in [-0.1, -0.05) is 42.3 Å². The maximum absolute atomic E-state index is 13.8. The Labute approximate surface area is 223 Å². The molecule has 2 heterocycles. The van der Waals surface area contributed by atoms with E-state index in [4.69, 9.17) is 4.52 Å². The van der Waals surface area contributed by atoms with E-state index in [1.807, 2.05) is 49.9 Å². The van der Waals surface area contributed by atoms with Crippen molar-refractivity contribution in [1.82, 2.24) is 15.4 Å². The van der Waals surface area contributed by atoms with E-state index >= 15 is 0 Å². The number of nitrogens with one attached hydrogen (secondary N) is 1. The van der Waals surface area contributed by atoms with Gasteiger partial charge in [-0.25, -0.2) is 4.39 Å². The molecule has 0 radical (unpaired) electrons. The van der Waals surface area contributed by atoms with Crippen molar-refractivity contribution in [2.45, 2.75) is 65.3 Å². The Morgan fingerprint density at radius 2 is 1.66 bits per heavy atom. The number of piperidine rings is 1. The average Bonchev–Trinajstić information content (AvgIpc) is 3.59. The van der Waals surface area contributed by atoms with Gasteiger partial charge in [-0.15, -0.1) is 0 Å². The maximum atomic E-state index is 13.8. The van der Waals surface area contributed by atoms with Crippen LogP contribution in [0.3, 0.4) is 0 Å². The van der Waals surface area contributed by atoms with Gasteiger partial charge in [-0.3, -0.25) is 9.59 Å². The van der Waals surface area contributed by atoms with Gasteiger partial charge in [0.05, 0.1) is 11.5 Å². The smallest absolute Gasteiger partial charge is 0.253 e. The van der Waals surface area contributed by atoms with Gasteiger partial charge >= 0.3 is 0 Å². The number of carbonyl (C=O) groups excluding carboxylic acids is 2. The van der Waals surface area contributed by atoms with E-state index in [0.29, 0.717) is 37.4 Å². The Morgan fingerprint density at radius 3 is 2.24 bits per heavy atom. The second-order valence-electron chi connectivity index (χ2n) is 11.0. The molecule has 200 valence electrons. The second-order valence-corrected chi connectivity index (χ2v) is 11.0. The first-order valence-electron chi connectivity index (χ1n) is 13.7. The predicted octanol–water partition coefficient (Wildman–Crippen LogP) is 6.39. The van der Waals surface area contributed by atoms with Crippen LogP contribution >= 0.6 is 0 Å². The summed E-state index contributed by atoms with van der Waals surface area (Å²) in [5, 5.41) is 7.37. The molecule has 1 atom stereocenters. The summed E-state index contributed by atoms with van der Waals surface area (Å²) < 4.78 is 18.7. The number of hydrogen-bond donors (Lipinski definition) is 1. The van der Waals surface area contributed by atoms with Crippen LogP contribution < -0.4 is 5.32 Å². The zero-order chi connectivity index (χ0) is 26.9. The Kier molecular flexibility index (Phi) is 7.37. The monoisotopic (exact) mass is 517 g/mol. The highest BCUT2D eigenvalue weighted by molar-refractivity contribution is 5.95. The van der Waals surface area contributed by atoms with Crippen LogP contribution in [0, 0.1) is 31.0 Å². The van der Waals surface area contributed by atoms with E-state index in [0.717, 1.165) is 53.8 Å². The summed E-state index contributed by atoms with van der Waals surface area (Å²) in [6.45, 7) is 6.91. The summed E-state index contributed by atoms with van der Waals surface area (Å²) >= 11 is 0. The first-order chi connectivity index (χ1) is 18.3. The third-order valence-electron chi connectivity index (χ3n) is 8.81. The fraction of sp³-hybridized carbons (Fsp3) is 0.452. The molecule has 5 rings (SSSR count). The number of amides is 2. The summed E-state index contributed by atoms with van der Waals surface area (Å²) in [7, 11) is 0. The molecule has 0 unspecified atom stereocenters. The number of rotatable bonds is 6. The lowest BCUT2D eigenvalue weighted by Gasteiger charge is -2.45. The topological polar surface area (TPSA) is 75.4 Å². The van der Waals surface area contributed by atoms with Crippen molar-refractivity contribution < 1.29 is 18.5 Å². The van der Waals surface area contributed by atoms with Gasteiger partial charge in [0.15, 0.2) is 0 Å². The van der Waals surface area contributed by atoms with Crippen molar-refractivity contribution in [1.29, 1.82) is 0 Å². The Hall–Kier alpha value is -3.48. The minimum atomic E-state index is -0.478. The highest BCUT2D eigenvalue weighted by Gasteiger charge is 2.48. The minimum Gasteiger partial charge on any atom is -0.361 e. The standard InChI is InChI=1S/C31H36FN3O3/c1-20-22(3)38-34-28(20)24-8-10-25(11-9-24)29(36)35-18-16-31(17-19-35,26-6-4-5-7-26)30(37)33-21(2)23-12-14-27(32)15-13-23/h8-15,21,26H,4-7,16-19H2,1-3H3,(H,33,37)/t21-/m0/s1. The summed E-state index contributed by atoms with van der Waals surface area (Å²) in [6.07, 6.45) is 5.70. The van der Waals surface area contributed by atoms with Gasteiger partial charge < -0.3 is 14.7 Å². The molecule has 1 saturated heterocycles. The van der Waals surface area contributed by atoms with E-state index in [1.54, 1.807) is 12.1 Å². The predicted molar refractivity (Wildman–Crippen MR) is 144 cm³/mol. The number of likely N-dealkylation sites (tertiary alicyclic amines) is 1. The molecule has 1 N–H and O–H groups in total. The van der Waals surface area contributed by atoms with Crippen LogP contribution in [-0.4, -0.2) is 35.0 Å². The molecule has 0 bridgehead atoms. The van der Waals surface area contributed by atoms with Crippen LogP contribution in [0.5, 0.6) is 0 Å². The van der Waals surface area contributed by atoms with Crippen molar-refractivity contribution in [3.63, 3.8) is 0 Å². The molecule has 1 saturated carbocycles. The number of aryl methyl sites for hydroxylation is 1. The van der Waals surface area contributed by atoms with Crippen LogP contribution in [0.15, 0.2) is 53.1 Å². The van der Waals surface area contributed by atoms with E-state index in [9.17, 15) is 14.0 Å². The van der Waals surface area contributed by atoms with E-state index in [2.05, 4.69) is 10.5 Å². The number of benzene rings is 2. The molecule has 2 aromatic carbocycles. The summed E-state index contributed by atoms with van der Waals surface area (Å²) in [5.41, 5.74) is 3.75. The van der Waals surface area contributed by atoms with Gasteiger partial charge in [-0.05, 0) is 82.2 Å². The van der Waals surface area contributed by atoms with Crippen molar-refractivity contribution >= 4 is 11.8 Å². The first kappa shape index (κ1) is 26.1. The van der Waals surface area contributed by atoms with Crippen molar-refractivity contribution in [2.75, 3.05) is 13.1 Å². The van der Waals surface area contributed by atoms with Gasteiger partial charge in [0.25, 0.3) is 5.91 Å². The summed E-state index contributed by atoms with van der Waals surface area (Å²) in [5.74, 6) is 0.884. The van der Waals surface area contributed by atoms with E-state index in [1.165, 1.54) is 12.1 Å². The van der Waals surface area contributed by atoms with E-state index in [-0.39, 0.29) is 23.7 Å². The number of carbonyl (C=O) groups is 2. The van der Waals surface area contributed by atoms with Gasteiger partial charge in [0.2, 0.25) is 5.91 Å². The molecule has 38 heavy (non-hydrogen) atoms. The second kappa shape index (κ2) is 10.7. The number of halogens is 1. The number of nitrogens with zero attached hydrogens (tertiary/aromatic N) is 2.